The monoisotopic (exact) mass is 407 g/mol. The number of hydrogen-bond acceptors (Lipinski definition) is 4. The first-order valence-electron chi connectivity index (χ1n) is 9.41. The third kappa shape index (κ3) is 7.37. The van der Waals surface area contributed by atoms with Crippen LogP contribution in [0.4, 0.5) is 5.69 Å². The number of amides is 2. The summed E-state index contributed by atoms with van der Waals surface area (Å²) in [5.41, 5.74) is 7.04. The minimum atomic E-state index is -0.833. The molecule has 0 bridgehead atoms. The van der Waals surface area contributed by atoms with Crippen LogP contribution >= 0.6 is 0 Å². The molecule has 0 heterocycles. The molecule has 7 heteroatoms. The number of carboxylic acids is 1. The Morgan fingerprint density at radius 1 is 0.933 bits per heavy atom. The zero-order valence-electron chi connectivity index (χ0n) is 16.7. The number of hydrogen-bond donors (Lipinski definition) is 4. The fraction of sp³-hybridized carbons (Fsp3) is 0.174. The van der Waals surface area contributed by atoms with Crippen molar-refractivity contribution in [3.63, 3.8) is 0 Å². The predicted octanol–water partition coefficient (Wildman–Crippen LogP) is 2.56. The van der Waals surface area contributed by atoms with Crippen LogP contribution in [-0.4, -0.2) is 35.5 Å². The summed E-state index contributed by atoms with van der Waals surface area (Å²) in [6.07, 6.45) is 0.395. The molecule has 0 aromatic heterocycles. The summed E-state index contributed by atoms with van der Waals surface area (Å²) in [4.78, 5) is 33.5. The first-order chi connectivity index (χ1) is 14.4. The van der Waals surface area contributed by atoms with E-state index in [0.717, 1.165) is 23.3 Å². The van der Waals surface area contributed by atoms with E-state index < -0.39 is 12.0 Å². The number of nitrogens with two attached hydrogens (primary N) is 1. The van der Waals surface area contributed by atoms with E-state index in [1.54, 1.807) is 0 Å². The fourth-order valence-corrected chi connectivity index (χ4v) is 2.81. The SMILES string of the molecule is CC(=O)O.NCC(=O)NC(Cc1ccccc1)C(=O)Nc1ccc2ccccc2c1. The molecular weight excluding hydrogens is 382 g/mol. The van der Waals surface area contributed by atoms with Crippen LogP contribution in [0.3, 0.4) is 0 Å². The topological polar surface area (TPSA) is 122 Å². The van der Waals surface area contributed by atoms with Crippen molar-refractivity contribution in [2.24, 2.45) is 5.73 Å². The maximum Gasteiger partial charge on any atom is 0.300 e. The van der Waals surface area contributed by atoms with E-state index in [0.29, 0.717) is 12.1 Å². The van der Waals surface area contributed by atoms with E-state index in [4.69, 9.17) is 15.6 Å². The van der Waals surface area contributed by atoms with Crippen LogP contribution in [0.1, 0.15) is 12.5 Å². The number of carboxylic acid groups (broad SMARTS) is 1. The van der Waals surface area contributed by atoms with Gasteiger partial charge in [0, 0.05) is 19.0 Å². The van der Waals surface area contributed by atoms with Crippen LogP contribution in [0.2, 0.25) is 0 Å². The lowest BCUT2D eigenvalue weighted by Gasteiger charge is -2.18. The van der Waals surface area contributed by atoms with E-state index in [2.05, 4.69) is 10.6 Å². The molecule has 0 aliphatic heterocycles. The molecule has 0 aliphatic carbocycles. The molecule has 5 N–H and O–H groups in total. The summed E-state index contributed by atoms with van der Waals surface area (Å²) >= 11 is 0. The Hall–Kier alpha value is -3.71. The van der Waals surface area contributed by atoms with Gasteiger partial charge in [0.15, 0.2) is 0 Å². The molecule has 0 fully saturated rings. The Bertz CT molecular complexity index is 1000. The van der Waals surface area contributed by atoms with Crippen molar-refractivity contribution in [1.82, 2.24) is 5.32 Å². The van der Waals surface area contributed by atoms with E-state index in [9.17, 15) is 9.59 Å². The summed E-state index contributed by atoms with van der Waals surface area (Å²) < 4.78 is 0. The Kier molecular flexibility index (Phi) is 8.53. The molecule has 1 unspecified atom stereocenters. The number of anilines is 1. The summed E-state index contributed by atoms with van der Waals surface area (Å²) in [6.45, 7) is 0.925. The number of benzene rings is 3. The van der Waals surface area contributed by atoms with E-state index in [-0.39, 0.29) is 18.4 Å². The number of nitrogens with one attached hydrogen (secondary N) is 2. The highest BCUT2D eigenvalue weighted by atomic mass is 16.4. The van der Waals surface area contributed by atoms with Gasteiger partial charge >= 0.3 is 0 Å². The first kappa shape index (κ1) is 22.6. The minimum Gasteiger partial charge on any atom is -0.481 e. The van der Waals surface area contributed by atoms with Crippen molar-refractivity contribution < 1.29 is 19.5 Å². The minimum absolute atomic E-state index is 0.158. The van der Waals surface area contributed by atoms with Crippen molar-refractivity contribution in [3.05, 3.63) is 78.4 Å². The lowest BCUT2D eigenvalue weighted by atomic mass is 10.0. The van der Waals surface area contributed by atoms with Crippen molar-refractivity contribution in [1.29, 1.82) is 0 Å². The number of aliphatic carboxylic acids is 1. The Labute approximate surface area is 174 Å². The highest BCUT2D eigenvalue weighted by Gasteiger charge is 2.21. The molecule has 156 valence electrons. The predicted molar refractivity (Wildman–Crippen MR) is 117 cm³/mol. The van der Waals surface area contributed by atoms with Gasteiger partial charge < -0.3 is 21.5 Å². The van der Waals surface area contributed by atoms with Gasteiger partial charge in [-0.1, -0.05) is 60.7 Å². The third-order valence-electron chi connectivity index (χ3n) is 4.14. The zero-order valence-corrected chi connectivity index (χ0v) is 16.7. The first-order valence-corrected chi connectivity index (χ1v) is 9.41. The van der Waals surface area contributed by atoms with Gasteiger partial charge in [-0.15, -0.1) is 0 Å². The second-order valence-corrected chi connectivity index (χ2v) is 6.58. The van der Waals surface area contributed by atoms with Gasteiger partial charge in [-0.05, 0) is 28.5 Å². The zero-order chi connectivity index (χ0) is 21.9. The average Bonchev–Trinajstić information content (AvgIpc) is 2.73. The summed E-state index contributed by atoms with van der Waals surface area (Å²) in [5, 5.41) is 15.1. The Morgan fingerprint density at radius 3 is 2.17 bits per heavy atom. The number of carbonyl (C=O) groups is 3. The maximum absolute atomic E-state index is 12.7. The molecule has 3 rings (SSSR count). The Morgan fingerprint density at radius 2 is 1.53 bits per heavy atom. The van der Waals surface area contributed by atoms with Gasteiger partial charge in [0.05, 0.1) is 6.54 Å². The molecule has 3 aromatic rings. The van der Waals surface area contributed by atoms with Gasteiger partial charge in [-0.25, -0.2) is 0 Å². The highest BCUT2D eigenvalue weighted by molar-refractivity contribution is 5.99. The quantitative estimate of drug-likeness (QED) is 0.500. The largest absolute Gasteiger partial charge is 0.481 e. The van der Waals surface area contributed by atoms with Crippen LogP contribution in [0.5, 0.6) is 0 Å². The molecule has 1 atom stereocenters. The molecule has 2 amide bonds. The van der Waals surface area contributed by atoms with E-state index >= 15 is 0 Å². The van der Waals surface area contributed by atoms with E-state index in [1.807, 2.05) is 72.8 Å². The van der Waals surface area contributed by atoms with Crippen molar-refractivity contribution in [2.75, 3.05) is 11.9 Å². The van der Waals surface area contributed by atoms with E-state index in [1.165, 1.54) is 0 Å². The molecule has 7 nitrogen and oxygen atoms in total. The average molecular weight is 407 g/mol. The number of carbonyl (C=O) groups excluding carboxylic acids is 2. The summed E-state index contributed by atoms with van der Waals surface area (Å²) in [5.74, 6) is -1.47. The lowest BCUT2D eigenvalue weighted by molar-refractivity contribution is -0.134. The third-order valence-corrected chi connectivity index (χ3v) is 4.14. The van der Waals surface area contributed by atoms with Crippen LogP contribution in [0.25, 0.3) is 10.8 Å². The van der Waals surface area contributed by atoms with Crippen LogP contribution in [0, 0.1) is 0 Å². The van der Waals surface area contributed by atoms with Gasteiger partial charge in [0.1, 0.15) is 6.04 Å². The molecule has 0 radical (unpaired) electrons. The standard InChI is InChI=1S/C21H21N3O2.C2H4O2/c22-14-20(25)24-19(12-15-6-2-1-3-7-15)21(26)23-18-11-10-16-8-4-5-9-17(16)13-18;1-2(3)4/h1-11,13,19H,12,14,22H2,(H,23,26)(H,24,25);1H3,(H,3,4). The molecule has 0 saturated heterocycles. The smallest absolute Gasteiger partial charge is 0.300 e. The second-order valence-electron chi connectivity index (χ2n) is 6.58. The fourth-order valence-electron chi connectivity index (χ4n) is 2.81. The summed E-state index contributed by atoms with van der Waals surface area (Å²) in [7, 11) is 0. The second kappa shape index (κ2) is 11.3. The van der Waals surface area contributed by atoms with Crippen molar-refractivity contribution in [3.8, 4) is 0 Å². The summed E-state index contributed by atoms with van der Waals surface area (Å²) in [6, 6.07) is 22.5. The van der Waals surface area contributed by atoms with Gasteiger partial charge in [-0.3, -0.25) is 14.4 Å². The van der Waals surface area contributed by atoms with Crippen molar-refractivity contribution in [2.45, 2.75) is 19.4 Å². The Balaban J connectivity index is 0.000000735. The lowest BCUT2D eigenvalue weighted by Crippen LogP contribution is -2.47. The van der Waals surface area contributed by atoms with Crippen LogP contribution in [-0.2, 0) is 20.8 Å². The maximum atomic E-state index is 12.7. The molecular formula is C23H25N3O4. The molecule has 0 spiro atoms. The number of fused-ring (bicyclic) bond motifs is 1. The van der Waals surface area contributed by atoms with Crippen molar-refractivity contribution >= 4 is 34.2 Å². The van der Waals surface area contributed by atoms with Gasteiger partial charge in [-0.2, -0.15) is 0 Å². The van der Waals surface area contributed by atoms with Gasteiger partial charge in [0.25, 0.3) is 5.97 Å². The van der Waals surface area contributed by atoms with Gasteiger partial charge in [0.2, 0.25) is 11.8 Å². The van der Waals surface area contributed by atoms with Crippen LogP contribution < -0.4 is 16.4 Å². The highest BCUT2D eigenvalue weighted by Crippen LogP contribution is 2.19. The molecule has 3 aromatic carbocycles. The number of rotatable bonds is 6. The molecule has 0 aliphatic rings. The molecule has 30 heavy (non-hydrogen) atoms. The molecule has 0 saturated carbocycles. The van der Waals surface area contributed by atoms with Crippen LogP contribution in [0.15, 0.2) is 72.8 Å². The normalized spacial score (nSPS) is 11.0.